The van der Waals surface area contributed by atoms with Crippen molar-refractivity contribution in [3.63, 3.8) is 0 Å². The van der Waals surface area contributed by atoms with Crippen molar-refractivity contribution in [3.05, 3.63) is 22.1 Å². The standard InChI is InChI=1S/C11H15BrO2/c1-4-8(5-2)11-9(12)6-10(14-11)7(3)13/h6,8H,4-5H2,1-3H3. The van der Waals surface area contributed by atoms with Gasteiger partial charge in [0.15, 0.2) is 11.5 Å². The zero-order valence-corrected chi connectivity index (χ0v) is 10.3. The van der Waals surface area contributed by atoms with Gasteiger partial charge in [-0.2, -0.15) is 0 Å². The lowest BCUT2D eigenvalue weighted by Gasteiger charge is -2.08. The number of hydrogen-bond donors (Lipinski definition) is 0. The monoisotopic (exact) mass is 258 g/mol. The molecule has 0 fully saturated rings. The van der Waals surface area contributed by atoms with Crippen LogP contribution >= 0.6 is 15.9 Å². The molecule has 0 amide bonds. The molecule has 1 aromatic heterocycles. The number of rotatable bonds is 4. The highest BCUT2D eigenvalue weighted by Gasteiger charge is 2.18. The Hall–Kier alpha value is -0.570. The Labute approximate surface area is 92.8 Å². The van der Waals surface area contributed by atoms with Crippen molar-refractivity contribution in [1.82, 2.24) is 0 Å². The minimum absolute atomic E-state index is 0.0251. The van der Waals surface area contributed by atoms with Crippen LogP contribution in [0.15, 0.2) is 15.0 Å². The molecular weight excluding hydrogens is 244 g/mol. The largest absolute Gasteiger partial charge is 0.456 e. The first-order valence-corrected chi connectivity index (χ1v) is 5.69. The van der Waals surface area contributed by atoms with Crippen molar-refractivity contribution >= 4 is 21.7 Å². The van der Waals surface area contributed by atoms with Crippen LogP contribution in [0.3, 0.4) is 0 Å². The maximum Gasteiger partial charge on any atom is 0.194 e. The summed E-state index contributed by atoms with van der Waals surface area (Å²) in [6, 6.07) is 1.76. The van der Waals surface area contributed by atoms with E-state index in [1.165, 1.54) is 6.92 Å². The van der Waals surface area contributed by atoms with E-state index in [9.17, 15) is 4.79 Å². The molecule has 0 atom stereocenters. The summed E-state index contributed by atoms with van der Waals surface area (Å²) in [4.78, 5) is 11.1. The van der Waals surface area contributed by atoms with Crippen LogP contribution in [0, 0.1) is 0 Å². The third kappa shape index (κ3) is 2.27. The van der Waals surface area contributed by atoms with Crippen molar-refractivity contribution in [2.24, 2.45) is 0 Å². The Morgan fingerprint density at radius 1 is 1.50 bits per heavy atom. The molecule has 0 unspecified atom stereocenters. The molecule has 78 valence electrons. The predicted molar refractivity (Wildman–Crippen MR) is 59.7 cm³/mol. The molecular formula is C11H15BrO2. The van der Waals surface area contributed by atoms with Crippen molar-refractivity contribution in [3.8, 4) is 0 Å². The van der Waals surface area contributed by atoms with Gasteiger partial charge in [-0.3, -0.25) is 4.79 Å². The Kier molecular flexibility index (Phi) is 3.93. The van der Waals surface area contributed by atoms with Crippen LogP contribution in [-0.2, 0) is 0 Å². The summed E-state index contributed by atoms with van der Waals surface area (Å²) in [6.07, 6.45) is 2.06. The molecule has 1 heterocycles. The minimum atomic E-state index is -0.0251. The minimum Gasteiger partial charge on any atom is -0.456 e. The van der Waals surface area contributed by atoms with Gasteiger partial charge in [-0.05, 0) is 28.8 Å². The zero-order valence-electron chi connectivity index (χ0n) is 8.76. The summed E-state index contributed by atoms with van der Waals surface area (Å²) in [7, 11) is 0. The van der Waals surface area contributed by atoms with Gasteiger partial charge in [0.05, 0.1) is 4.47 Å². The maximum atomic E-state index is 11.1. The third-order valence-corrected chi connectivity index (χ3v) is 3.04. The molecule has 2 nitrogen and oxygen atoms in total. The molecule has 0 aliphatic carbocycles. The van der Waals surface area contributed by atoms with Crippen molar-refractivity contribution in [1.29, 1.82) is 0 Å². The molecule has 1 rings (SSSR count). The van der Waals surface area contributed by atoms with Gasteiger partial charge >= 0.3 is 0 Å². The number of furan rings is 1. The van der Waals surface area contributed by atoms with Gasteiger partial charge in [0.1, 0.15) is 5.76 Å². The van der Waals surface area contributed by atoms with Gasteiger partial charge in [-0.15, -0.1) is 0 Å². The molecule has 0 aliphatic rings. The number of halogens is 1. The van der Waals surface area contributed by atoms with Crippen LogP contribution in [0.4, 0.5) is 0 Å². The molecule has 0 spiro atoms. The lowest BCUT2D eigenvalue weighted by atomic mass is 10.0. The Morgan fingerprint density at radius 3 is 2.43 bits per heavy atom. The van der Waals surface area contributed by atoms with Crippen molar-refractivity contribution < 1.29 is 9.21 Å². The highest BCUT2D eigenvalue weighted by atomic mass is 79.9. The Morgan fingerprint density at radius 2 is 2.07 bits per heavy atom. The molecule has 0 saturated carbocycles. The summed E-state index contributed by atoms with van der Waals surface area (Å²) >= 11 is 3.42. The average Bonchev–Trinajstić information content (AvgIpc) is 2.51. The molecule has 14 heavy (non-hydrogen) atoms. The smallest absolute Gasteiger partial charge is 0.194 e. The van der Waals surface area contributed by atoms with Crippen LogP contribution in [0.2, 0.25) is 0 Å². The molecule has 0 aliphatic heterocycles. The fourth-order valence-electron chi connectivity index (χ4n) is 1.49. The third-order valence-electron chi connectivity index (χ3n) is 2.42. The lowest BCUT2D eigenvalue weighted by molar-refractivity contribution is 0.0984. The zero-order chi connectivity index (χ0) is 10.7. The molecule has 0 aromatic carbocycles. The SMILES string of the molecule is CCC(CC)c1oc(C(C)=O)cc1Br. The van der Waals surface area contributed by atoms with Crippen LogP contribution in [0.25, 0.3) is 0 Å². The fraction of sp³-hybridized carbons (Fsp3) is 0.545. The highest BCUT2D eigenvalue weighted by molar-refractivity contribution is 9.10. The second kappa shape index (κ2) is 4.78. The summed E-state index contributed by atoms with van der Waals surface area (Å²) in [5.74, 6) is 1.72. The topological polar surface area (TPSA) is 30.2 Å². The van der Waals surface area contributed by atoms with E-state index in [1.54, 1.807) is 6.07 Å². The van der Waals surface area contributed by atoms with E-state index in [1.807, 2.05) is 0 Å². The summed E-state index contributed by atoms with van der Waals surface area (Å²) in [5.41, 5.74) is 0. The van der Waals surface area contributed by atoms with Crippen molar-refractivity contribution in [2.45, 2.75) is 39.5 Å². The van der Waals surface area contributed by atoms with Gasteiger partial charge in [0.2, 0.25) is 0 Å². The van der Waals surface area contributed by atoms with E-state index in [4.69, 9.17) is 4.42 Å². The lowest BCUT2D eigenvalue weighted by Crippen LogP contribution is -1.94. The van der Waals surface area contributed by atoms with Crippen LogP contribution in [0.1, 0.15) is 55.8 Å². The Balaban J connectivity index is 3.02. The maximum absolute atomic E-state index is 11.1. The second-order valence-corrected chi connectivity index (χ2v) is 4.25. The van der Waals surface area contributed by atoms with Gasteiger partial charge in [-0.1, -0.05) is 13.8 Å². The molecule has 1 aromatic rings. The van der Waals surface area contributed by atoms with E-state index in [0.29, 0.717) is 11.7 Å². The number of hydrogen-bond acceptors (Lipinski definition) is 2. The van der Waals surface area contributed by atoms with Crippen molar-refractivity contribution in [2.75, 3.05) is 0 Å². The first-order chi connectivity index (χ1) is 6.60. The summed E-state index contributed by atoms with van der Waals surface area (Å²) in [6.45, 7) is 5.76. The first kappa shape index (κ1) is 11.5. The van der Waals surface area contributed by atoms with E-state index in [0.717, 1.165) is 23.1 Å². The molecule has 0 radical (unpaired) electrons. The number of ketones is 1. The molecule has 3 heteroatoms. The number of carbonyl (C=O) groups excluding carboxylic acids is 1. The summed E-state index contributed by atoms with van der Waals surface area (Å²) < 4.78 is 6.44. The predicted octanol–water partition coefficient (Wildman–Crippen LogP) is 4.15. The van der Waals surface area contributed by atoms with Crippen LogP contribution in [-0.4, -0.2) is 5.78 Å². The normalized spacial score (nSPS) is 10.9. The average molecular weight is 259 g/mol. The van der Waals surface area contributed by atoms with Crippen LogP contribution < -0.4 is 0 Å². The van der Waals surface area contributed by atoms with Gasteiger partial charge in [0, 0.05) is 18.9 Å². The molecule has 0 bridgehead atoms. The van der Waals surface area contributed by atoms with Gasteiger partial charge in [-0.25, -0.2) is 0 Å². The van der Waals surface area contributed by atoms with Gasteiger partial charge < -0.3 is 4.42 Å². The number of carbonyl (C=O) groups is 1. The fourth-order valence-corrected chi connectivity index (χ4v) is 2.11. The molecule has 0 N–H and O–H groups in total. The van der Waals surface area contributed by atoms with E-state index in [2.05, 4.69) is 29.8 Å². The summed E-state index contributed by atoms with van der Waals surface area (Å²) in [5, 5.41) is 0. The van der Waals surface area contributed by atoms with Crippen LogP contribution in [0.5, 0.6) is 0 Å². The number of Topliss-reactive ketones (excluding diaryl/α,β-unsaturated/α-hetero) is 1. The highest BCUT2D eigenvalue weighted by Crippen LogP contribution is 2.32. The van der Waals surface area contributed by atoms with E-state index < -0.39 is 0 Å². The van der Waals surface area contributed by atoms with Gasteiger partial charge in [0.25, 0.3) is 0 Å². The quantitative estimate of drug-likeness (QED) is 0.760. The molecule has 0 saturated heterocycles. The van der Waals surface area contributed by atoms with E-state index in [-0.39, 0.29) is 5.78 Å². The first-order valence-electron chi connectivity index (χ1n) is 4.90. The second-order valence-electron chi connectivity index (χ2n) is 3.39. The van der Waals surface area contributed by atoms with E-state index >= 15 is 0 Å². The Bertz CT molecular complexity index is 324.